The van der Waals surface area contributed by atoms with Gasteiger partial charge in [0.2, 0.25) is 0 Å². The van der Waals surface area contributed by atoms with Crippen molar-refractivity contribution in [3.8, 4) is 0 Å². The van der Waals surface area contributed by atoms with Crippen LogP contribution in [-0.2, 0) is 4.79 Å². The summed E-state index contributed by atoms with van der Waals surface area (Å²) in [5.41, 5.74) is -0.693. The first-order chi connectivity index (χ1) is 8.96. The van der Waals surface area contributed by atoms with Crippen molar-refractivity contribution in [1.82, 2.24) is 10.2 Å². The van der Waals surface area contributed by atoms with Crippen LogP contribution in [0.2, 0.25) is 0 Å². The van der Waals surface area contributed by atoms with Gasteiger partial charge in [-0.05, 0) is 58.7 Å². The Balaban J connectivity index is 2.71. The molecular formula is C15H30N2O2. The van der Waals surface area contributed by atoms with E-state index in [1.165, 1.54) is 0 Å². The van der Waals surface area contributed by atoms with Gasteiger partial charge in [0.15, 0.2) is 0 Å². The van der Waals surface area contributed by atoms with E-state index in [0.29, 0.717) is 0 Å². The highest BCUT2D eigenvalue weighted by Gasteiger charge is 2.48. The third kappa shape index (κ3) is 3.93. The molecule has 1 aliphatic carbocycles. The third-order valence-electron chi connectivity index (χ3n) is 4.44. The fourth-order valence-electron chi connectivity index (χ4n) is 3.40. The van der Waals surface area contributed by atoms with Gasteiger partial charge in [-0.2, -0.15) is 0 Å². The average molecular weight is 270 g/mol. The molecular weight excluding hydrogens is 240 g/mol. The first-order valence-electron chi connectivity index (χ1n) is 7.69. The van der Waals surface area contributed by atoms with Gasteiger partial charge in [0, 0.05) is 6.04 Å². The van der Waals surface area contributed by atoms with Gasteiger partial charge in [0.1, 0.15) is 5.54 Å². The predicted molar refractivity (Wildman–Crippen MR) is 78.4 cm³/mol. The molecule has 2 N–H and O–H groups in total. The molecule has 0 amide bonds. The SMILES string of the molecule is CCN(CC)CCC1CCCC1(NC(C)C)C(=O)O. The van der Waals surface area contributed by atoms with Crippen LogP contribution in [0.1, 0.15) is 53.4 Å². The molecule has 0 aliphatic heterocycles. The molecule has 1 rings (SSSR count). The number of hydrogen-bond acceptors (Lipinski definition) is 3. The van der Waals surface area contributed by atoms with Crippen molar-refractivity contribution in [2.24, 2.45) is 5.92 Å². The van der Waals surface area contributed by atoms with Crippen LogP contribution in [0, 0.1) is 5.92 Å². The zero-order chi connectivity index (χ0) is 14.5. The van der Waals surface area contributed by atoms with Crippen LogP contribution in [0.3, 0.4) is 0 Å². The smallest absolute Gasteiger partial charge is 0.324 e. The van der Waals surface area contributed by atoms with Gasteiger partial charge in [-0.1, -0.05) is 20.3 Å². The van der Waals surface area contributed by atoms with Crippen LogP contribution in [0.15, 0.2) is 0 Å². The van der Waals surface area contributed by atoms with Gasteiger partial charge in [-0.25, -0.2) is 0 Å². The lowest BCUT2D eigenvalue weighted by atomic mass is 9.83. The van der Waals surface area contributed by atoms with E-state index < -0.39 is 11.5 Å². The molecule has 0 radical (unpaired) electrons. The maximum Gasteiger partial charge on any atom is 0.324 e. The maximum atomic E-state index is 11.8. The molecule has 4 nitrogen and oxygen atoms in total. The van der Waals surface area contributed by atoms with Gasteiger partial charge in [0.25, 0.3) is 0 Å². The van der Waals surface area contributed by atoms with Crippen molar-refractivity contribution in [2.75, 3.05) is 19.6 Å². The zero-order valence-electron chi connectivity index (χ0n) is 12.9. The van der Waals surface area contributed by atoms with E-state index in [1.54, 1.807) is 0 Å². The Bertz CT molecular complexity index is 290. The summed E-state index contributed by atoms with van der Waals surface area (Å²) < 4.78 is 0. The largest absolute Gasteiger partial charge is 0.480 e. The topological polar surface area (TPSA) is 52.6 Å². The van der Waals surface area contributed by atoms with E-state index >= 15 is 0 Å². The molecule has 4 heteroatoms. The fourth-order valence-corrected chi connectivity index (χ4v) is 3.40. The number of nitrogens with one attached hydrogen (secondary N) is 1. The normalized spacial score (nSPS) is 27.4. The molecule has 0 aromatic heterocycles. The summed E-state index contributed by atoms with van der Waals surface area (Å²) in [6.45, 7) is 11.5. The van der Waals surface area contributed by atoms with E-state index in [4.69, 9.17) is 0 Å². The molecule has 0 spiro atoms. The monoisotopic (exact) mass is 270 g/mol. The Morgan fingerprint density at radius 3 is 2.53 bits per heavy atom. The van der Waals surface area contributed by atoms with Crippen molar-refractivity contribution >= 4 is 5.97 Å². The van der Waals surface area contributed by atoms with Crippen LogP contribution >= 0.6 is 0 Å². The van der Waals surface area contributed by atoms with Gasteiger partial charge in [0.05, 0.1) is 0 Å². The number of hydrogen-bond donors (Lipinski definition) is 2. The van der Waals surface area contributed by atoms with E-state index in [1.807, 2.05) is 13.8 Å². The van der Waals surface area contributed by atoms with E-state index in [2.05, 4.69) is 24.1 Å². The number of nitrogens with zero attached hydrogens (tertiary/aromatic N) is 1. The molecule has 0 aromatic carbocycles. The summed E-state index contributed by atoms with van der Waals surface area (Å²) in [4.78, 5) is 14.2. The summed E-state index contributed by atoms with van der Waals surface area (Å²) in [5, 5.41) is 13.0. The second-order valence-corrected chi connectivity index (χ2v) is 5.98. The summed E-state index contributed by atoms with van der Waals surface area (Å²) in [6, 6.07) is 0.213. The zero-order valence-corrected chi connectivity index (χ0v) is 12.9. The summed E-state index contributed by atoms with van der Waals surface area (Å²) in [6.07, 6.45) is 3.80. The standard InChI is InChI=1S/C15H30N2O2/c1-5-17(6-2)11-9-13-8-7-10-15(13,14(18)19)16-12(3)4/h12-13,16H,5-11H2,1-4H3,(H,18,19). The Morgan fingerprint density at radius 2 is 2.05 bits per heavy atom. The third-order valence-corrected chi connectivity index (χ3v) is 4.44. The second kappa shape index (κ2) is 7.25. The maximum absolute atomic E-state index is 11.8. The highest BCUT2D eigenvalue weighted by molar-refractivity contribution is 5.79. The summed E-state index contributed by atoms with van der Waals surface area (Å²) >= 11 is 0. The molecule has 0 saturated heterocycles. The number of carboxylic acids is 1. The van der Waals surface area contributed by atoms with Gasteiger partial charge >= 0.3 is 5.97 Å². The molecule has 19 heavy (non-hydrogen) atoms. The van der Waals surface area contributed by atoms with Crippen molar-refractivity contribution in [1.29, 1.82) is 0 Å². The quantitative estimate of drug-likeness (QED) is 0.711. The molecule has 0 bridgehead atoms. The van der Waals surface area contributed by atoms with Crippen LogP contribution in [0.4, 0.5) is 0 Å². The molecule has 2 atom stereocenters. The first kappa shape index (κ1) is 16.4. The lowest BCUT2D eigenvalue weighted by molar-refractivity contribution is -0.147. The number of rotatable bonds is 8. The molecule has 1 aliphatic rings. The Hall–Kier alpha value is -0.610. The molecule has 1 saturated carbocycles. The summed E-state index contributed by atoms with van der Waals surface area (Å²) in [7, 11) is 0. The number of aliphatic carboxylic acids is 1. The summed E-state index contributed by atoms with van der Waals surface area (Å²) in [5.74, 6) is -0.406. The predicted octanol–water partition coefficient (Wildman–Crippen LogP) is 2.34. The first-order valence-corrected chi connectivity index (χ1v) is 7.69. The Kier molecular flexibility index (Phi) is 6.27. The molecule has 1 fully saturated rings. The minimum absolute atomic E-state index is 0.213. The minimum Gasteiger partial charge on any atom is -0.480 e. The van der Waals surface area contributed by atoms with Crippen LogP contribution in [0.25, 0.3) is 0 Å². The van der Waals surface area contributed by atoms with Crippen molar-refractivity contribution in [3.63, 3.8) is 0 Å². The van der Waals surface area contributed by atoms with Crippen molar-refractivity contribution in [2.45, 2.75) is 65.0 Å². The van der Waals surface area contributed by atoms with Gasteiger partial charge in [-0.3, -0.25) is 10.1 Å². The number of carboxylic acid groups (broad SMARTS) is 1. The van der Waals surface area contributed by atoms with E-state index in [9.17, 15) is 9.90 Å². The van der Waals surface area contributed by atoms with Crippen molar-refractivity contribution in [3.05, 3.63) is 0 Å². The highest BCUT2D eigenvalue weighted by atomic mass is 16.4. The van der Waals surface area contributed by atoms with E-state index in [0.717, 1.165) is 45.3 Å². The van der Waals surface area contributed by atoms with Crippen LogP contribution in [-0.4, -0.2) is 47.2 Å². The average Bonchev–Trinajstić information content (AvgIpc) is 2.74. The lowest BCUT2D eigenvalue weighted by Crippen LogP contribution is -2.57. The Morgan fingerprint density at radius 1 is 1.42 bits per heavy atom. The second-order valence-electron chi connectivity index (χ2n) is 5.98. The van der Waals surface area contributed by atoms with E-state index in [-0.39, 0.29) is 12.0 Å². The fraction of sp³-hybridized carbons (Fsp3) is 0.933. The lowest BCUT2D eigenvalue weighted by Gasteiger charge is -2.35. The molecule has 0 aromatic rings. The molecule has 112 valence electrons. The van der Waals surface area contributed by atoms with Gasteiger partial charge in [-0.15, -0.1) is 0 Å². The molecule has 0 heterocycles. The minimum atomic E-state index is -0.693. The van der Waals surface area contributed by atoms with Crippen LogP contribution < -0.4 is 5.32 Å². The number of carbonyl (C=O) groups is 1. The molecule has 2 unspecified atom stereocenters. The van der Waals surface area contributed by atoms with Crippen LogP contribution in [0.5, 0.6) is 0 Å². The van der Waals surface area contributed by atoms with Crippen molar-refractivity contribution < 1.29 is 9.90 Å². The van der Waals surface area contributed by atoms with Gasteiger partial charge < -0.3 is 10.0 Å². The Labute approximate surface area is 117 Å². The highest BCUT2D eigenvalue weighted by Crippen LogP contribution is 2.38.